The summed E-state index contributed by atoms with van der Waals surface area (Å²) in [6.07, 6.45) is 14.2. The van der Waals surface area contributed by atoms with E-state index in [-0.39, 0.29) is 17.7 Å². The fraction of sp³-hybridized carbons (Fsp3) is 0.769. The van der Waals surface area contributed by atoms with E-state index in [0.717, 1.165) is 64.2 Å². The van der Waals surface area contributed by atoms with Crippen LogP contribution in [0.25, 0.3) is 0 Å². The van der Waals surface area contributed by atoms with E-state index in [0.29, 0.717) is 25.6 Å². The van der Waals surface area contributed by atoms with Crippen LogP contribution >= 0.6 is 7.60 Å². The number of benzene rings is 1. The largest absolute Gasteiger partial charge is 0.490 e. The van der Waals surface area contributed by atoms with Crippen molar-refractivity contribution in [2.45, 2.75) is 104 Å². The summed E-state index contributed by atoms with van der Waals surface area (Å²) in [6.45, 7) is 4.95. The number of ether oxygens (including phenoxy) is 2. The molecule has 198 valence electrons. The average molecular weight is 507 g/mol. The highest BCUT2D eigenvalue weighted by atomic mass is 31.2. The molecule has 1 atom stereocenters. The van der Waals surface area contributed by atoms with Gasteiger partial charge in [-0.2, -0.15) is 8.78 Å². The Kier molecular flexibility index (Phi) is 16.5. The first-order chi connectivity index (χ1) is 16.2. The summed E-state index contributed by atoms with van der Waals surface area (Å²) in [7, 11) is -3.85. The maximum atomic E-state index is 14.3. The molecule has 1 rings (SSSR count). The van der Waals surface area contributed by atoms with Crippen molar-refractivity contribution in [1.29, 1.82) is 0 Å². The summed E-state index contributed by atoms with van der Waals surface area (Å²) >= 11 is 0. The van der Waals surface area contributed by atoms with Crippen LogP contribution in [0.2, 0.25) is 0 Å². The standard InChI is InChI=1S/C26H45F2O5P/c1-3-4-5-13-16-22(2)21-33-24-18-17-23(25(27)26(24)28)32-19-14-11-9-7-6-8-10-12-15-20-34(29,30)31/h17-18,22H,3-16,19-21H2,1-2H3,(H2,29,30,31)/t22-/m0/s1. The van der Waals surface area contributed by atoms with E-state index in [1.54, 1.807) is 0 Å². The predicted molar refractivity (Wildman–Crippen MR) is 134 cm³/mol. The second-order valence-corrected chi connectivity index (χ2v) is 11.2. The first-order valence-corrected chi connectivity index (χ1v) is 14.8. The molecule has 2 N–H and O–H groups in total. The maximum Gasteiger partial charge on any atom is 0.325 e. The van der Waals surface area contributed by atoms with E-state index in [1.807, 2.05) is 0 Å². The third-order valence-corrected chi connectivity index (χ3v) is 6.84. The zero-order valence-electron chi connectivity index (χ0n) is 21.1. The topological polar surface area (TPSA) is 76.0 Å². The van der Waals surface area contributed by atoms with E-state index in [4.69, 9.17) is 19.3 Å². The molecule has 0 saturated heterocycles. The van der Waals surface area contributed by atoms with Gasteiger partial charge in [-0.15, -0.1) is 0 Å². The Balaban J connectivity index is 2.14. The molecule has 0 saturated carbocycles. The summed E-state index contributed by atoms with van der Waals surface area (Å²) in [5.41, 5.74) is 0. The van der Waals surface area contributed by atoms with Gasteiger partial charge in [0.25, 0.3) is 0 Å². The van der Waals surface area contributed by atoms with Crippen LogP contribution in [0.4, 0.5) is 8.78 Å². The average Bonchev–Trinajstić information content (AvgIpc) is 2.78. The van der Waals surface area contributed by atoms with E-state index in [2.05, 4.69) is 13.8 Å². The van der Waals surface area contributed by atoms with Crippen LogP contribution in [-0.4, -0.2) is 29.2 Å². The molecule has 34 heavy (non-hydrogen) atoms. The van der Waals surface area contributed by atoms with Crippen molar-refractivity contribution in [3.63, 3.8) is 0 Å². The zero-order valence-corrected chi connectivity index (χ0v) is 22.0. The predicted octanol–water partition coefficient (Wildman–Crippen LogP) is 8.02. The minimum absolute atomic E-state index is 0.0222. The molecule has 0 fully saturated rings. The minimum Gasteiger partial charge on any atom is -0.490 e. The SMILES string of the molecule is CCCCCC[C@H](C)COc1ccc(OCCCCCCCCCCCP(=O)(O)O)c(F)c1F. The molecule has 0 aliphatic rings. The highest BCUT2D eigenvalue weighted by molar-refractivity contribution is 7.51. The number of halogens is 2. The summed E-state index contributed by atoms with van der Waals surface area (Å²) in [6, 6.07) is 2.88. The van der Waals surface area contributed by atoms with E-state index < -0.39 is 19.2 Å². The molecule has 1 aromatic rings. The van der Waals surface area contributed by atoms with Crippen molar-refractivity contribution in [3.05, 3.63) is 23.8 Å². The molecule has 1 aromatic carbocycles. The van der Waals surface area contributed by atoms with Crippen LogP contribution in [0.3, 0.4) is 0 Å². The van der Waals surface area contributed by atoms with Crippen LogP contribution in [0.1, 0.15) is 104 Å². The minimum atomic E-state index is -3.85. The highest BCUT2D eigenvalue weighted by Gasteiger charge is 2.16. The Morgan fingerprint density at radius 2 is 1.29 bits per heavy atom. The van der Waals surface area contributed by atoms with Gasteiger partial charge in [-0.1, -0.05) is 84.5 Å². The fourth-order valence-electron chi connectivity index (χ4n) is 3.81. The van der Waals surface area contributed by atoms with Gasteiger partial charge in [-0.05, 0) is 37.3 Å². The second kappa shape index (κ2) is 18.1. The van der Waals surface area contributed by atoms with Gasteiger partial charge in [-0.25, -0.2) is 0 Å². The monoisotopic (exact) mass is 506 g/mol. The third kappa shape index (κ3) is 15.0. The first-order valence-electron chi connectivity index (χ1n) is 13.0. The summed E-state index contributed by atoms with van der Waals surface area (Å²) in [5, 5.41) is 0. The van der Waals surface area contributed by atoms with Crippen LogP contribution in [0.15, 0.2) is 12.1 Å². The molecule has 8 heteroatoms. The third-order valence-electron chi connectivity index (χ3n) is 5.94. The molecule has 0 aliphatic carbocycles. The van der Waals surface area contributed by atoms with E-state index >= 15 is 0 Å². The van der Waals surface area contributed by atoms with Crippen molar-refractivity contribution < 1.29 is 32.6 Å². The maximum absolute atomic E-state index is 14.3. The molecule has 5 nitrogen and oxygen atoms in total. The molecule has 0 unspecified atom stereocenters. The van der Waals surface area contributed by atoms with Crippen LogP contribution in [0, 0.1) is 17.6 Å². The Hall–Kier alpha value is -1.17. The molecular formula is C26H45F2O5P. The number of hydrogen-bond donors (Lipinski definition) is 2. The van der Waals surface area contributed by atoms with Gasteiger partial charge >= 0.3 is 7.60 Å². The number of unbranched alkanes of at least 4 members (excludes halogenated alkanes) is 11. The summed E-state index contributed by atoms with van der Waals surface area (Å²) < 4.78 is 50.4. The van der Waals surface area contributed by atoms with E-state index in [9.17, 15) is 13.3 Å². The van der Waals surface area contributed by atoms with Gasteiger partial charge in [-0.3, -0.25) is 4.57 Å². The van der Waals surface area contributed by atoms with Gasteiger partial charge in [0.05, 0.1) is 13.2 Å². The van der Waals surface area contributed by atoms with Crippen molar-refractivity contribution in [1.82, 2.24) is 0 Å². The van der Waals surface area contributed by atoms with Crippen molar-refractivity contribution in [3.8, 4) is 11.5 Å². The molecule has 0 aromatic heterocycles. The lowest BCUT2D eigenvalue weighted by Crippen LogP contribution is -2.10. The number of hydrogen-bond acceptors (Lipinski definition) is 3. The Morgan fingerprint density at radius 1 is 0.794 bits per heavy atom. The van der Waals surface area contributed by atoms with Crippen molar-refractivity contribution in [2.24, 2.45) is 5.92 Å². The van der Waals surface area contributed by atoms with Gasteiger partial charge < -0.3 is 19.3 Å². The Labute approximate surface area is 204 Å². The van der Waals surface area contributed by atoms with Gasteiger partial charge in [0.1, 0.15) is 0 Å². The van der Waals surface area contributed by atoms with Gasteiger partial charge in [0.2, 0.25) is 11.6 Å². The number of rotatable bonds is 21. The molecule has 0 amide bonds. The molecule has 0 bridgehead atoms. The molecule has 0 heterocycles. The Morgan fingerprint density at radius 3 is 1.85 bits per heavy atom. The van der Waals surface area contributed by atoms with Crippen molar-refractivity contribution >= 4 is 7.60 Å². The molecule has 0 radical (unpaired) electrons. The lowest BCUT2D eigenvalue weighted by atomic mass is 10.0. The summed E-state index contributed by atoms with van der Waals surface area (Å²) in [4.78, 5) is 17.6. The lowest BCUT2D eigenvalue weighted by molar-refractivity contribution is 0.232. The lowest BCUT2D eigenvalue weighted by Gasteiger charge is -2.15. The highest BCUT2D eigenvalue weighted by Crippen LogP contribution is 2.35. The van der Waals surface area contributed by atoms with Crippen LogP contribution < -0.4 is 9.47 Å². The zero-order chi connectivity index (χ0) is 25.2. The van der Waals surface area contributed by atoms with Crippen LogP contribution in [-0.2, 0) is 4.57 Å². The molecule has 0 aliphatic heterocycles. The first kappa shape index (κ1) is 30.9. The van der Waals surface area contributed by atoms with Gasteiger partial charge in [0, 0.05) is 6.16 Å². The fourth-order valence-corrected chi connectivity index (χ4v) is 4.45. The van der Waals surface area contributed by atoms with Crippen LogP contribution in [0.5, 0.6) is 11.5 Å². The smallest absolute Gasteiger partial charge is 0.325 e. The van der Waals surface area contributed by atoms with Gasteiger partial charge in [0.15, 0.2) is 11.5 Å². The molecule has 0 spiro atoms. The van der Waals surface area contributed by atoms with Crippen molar-refractivity contribution in [2.75, 3.05) is 19.4 Å². The quantitative estimate of drug-likeness (QED) is 0.130. The molecular weight excluding hydrogens is 461 g/mol. The summed E-state index contributed by atoms with van der Waals surface area (Å²) in [5.74, 6) is -1.83. The normalized spacial score (nSPS) is 12.6. The van der Waals surface area contributed by atoms with E-state index in [1.165, 1.54) is 31.4 Å². The second-order valence-electron chi connectivity index (χ2n) is 9.37. The Bertz CT molecular complexity index is 711.